The first-order valence-corrected chi connectivity index (χ1v) is 9.71. The fraction of sp³-hybridized carbons (Fsp3) is 0.130. The highest BCUT2D eigenvalue weighted by Crippen LogP contribution is 2.39. The Labute approximate surface area is 185 Å². The lowest BCUT2D eigenvalue weighted by Gasteiger charge is -2.28. The van der Waals surface area contributed by atoms with E-state index in [4.69, 9.17) is 20.8 Å². The number of carboxylic acids is 1. The van der Waals surface area contributed by atoms with Crippen LogP contribution in [0.4, 0.5) is 13.2 Å². The van der Waals surface area contributed by atoms with E-state index in [0.717, 1.165) is 18.2 Å². The van der Waals surface area contributed by atoms with E-state index >= 15 is 0 Å². The molecule has 4 rings (SSSR count). The number of oxazole rings is 1. The molecule has 0 aliphatic rings. The number of benzene rings is 3. The van der Waals surface area contributed by atoms with E-state index in [1.807, 2.05) is 0 Å². The maximum atomic E-state index is 13.2. The van der Waals surface area contributed by atoms with E-state index < -0.39 is 23.3 Å². The third kappa shape index (κ3) is 4.01. The molecule has 4 aromatic rings. The maximum Gasteiger partial charge on any atom is 0.416 e. The van der Waals surface area contributed by atoms with Gasteiger partial charge in [0.1, 0.15) is 11.3 Å². The highest BCUT2D eigenvalue weighted by atomic mass is 35.5. The average molecular weight is 462 g/mol. The van der Waals surface area contributed by atoms with Gasteiger partial charge in [-0.3, -0.25) is 0 Å². The molecule has 0 fully saturated rings. The second-order valence-corrected chi connectivity index (χ2v) is 7.58. The van der Waals surface area contributed by atoms with Crippen LogP contribution in [0.2, 0.25) is 5.02 Å². The molecule has 0 spiro atoms. The standard InChI is InChI=1S/C23H15ClF3NO4/c1-22(21(29)30,13-5-4-6-14(11-13)23(25,26)27)32-18-10-9-15(24)12-16(18)20-28-17-7-2-3-8-19(17)31-20/h2-12H,1H3,(H,29,30). The van der Waals surface area contributed by atoms with Crippen LogP contribution in [0.5, 0.6) is 5.75 Å². The zero-order chi connectivity index (χ0) is 23.1. The minimum Gasteiger partial charge on any atom is -0.478 e. The number of aliphatic carboxylic acids is 1. The summed E-state index contributed by atoms with van der Waals surface area (Å²) >= 11 is 6.12. The number of fused-ring (bicyclic) bond motifs is 1. The lowest BCUT2D eigenvalue weighted by atomic mass is 9.93. The van der Waals surface area contributed by atoms with Crippen molar-refractivity contribution in [2.75, 3.05) is 0 Å². The number of carboxylic acid groups (broad SMARTS) is 1. The Morgan fingerprint density at radius 1 is 1.03 bits per heavy atom. The van der Waals surface area contributed by atoms with Crippen LogP contribution in [0.3, 0.4) is 0 Å². The van der Waals surface area contributed by atoms with Gasteiger partial charge < -0.3 is 14.3 Å². The lowest BCUT2D eigenvalue weighted by molar-refractivity contribution is -0.155. The number of aromatic nitrogens is 1. The predicted octanol–water partition coefficient (Wildman–Crippen LogP) is 6.55. The quantitative estimate of drug-likeness (QED) is 0.365. The zero-order valence-electron chi connectivity index (χ0n) is 16.5. The summed E-state index contributed by atoms with van der Waals surface area (Å²) in [6, 6.07) is 15.4. The molecule has 1 aromatic heterocycles. The Morgan fingerprint density at radius 2 is 1.75 bits per heavy atom. The third-order valence-corrected chi connectivity index (χ3v) is 5.16. The van der Waals surface area contributed by atoms with Gasteiger partial charge in [0.25, 0.3) is 0 Å². The minimum atomic E-state index is -4.64. The first kappa shape index (κ1) is 21.7. The first-order valence-electron chi connectivity index (χ1n) is 9.33. The van der Waals surface area contributed by atoms with Gasteiger partial charge in [0.2, 0.25) is 11.5 Å². The van der Waals surface area contributed by atoms with Gasteiger partial charge in [0, 0.05) is 10.6 Å². The van der Waals surface area contributed by atoms with E-state index in [-0.39, 0.29) is 22.8 Å². The Morgan fingerprint density at radius 3 is 2.44 bits per heavy atom. The van der Waals surface area contributed by atoms with E-state index in [0.29, 0.717) is 16.1 Å². The molecule has 1 unspecified atom stereocenters. The van der Waals surface area contributed by atoms with Crippen molar-refractivity contribution in [2.45, 2.75) is 18.7 Å². The number of rotatable bonds is 5. The third-order valence-electron chi connectivity index (χ3n) is 4.93. The molecular formula is C23H15ClF3NO4. The van der Waals surface area contributed by atoms with E-state index in [1.54, 1.807) is 24.3 Å². The smallest absolute Gasteiger partial charge is 0.416 e. The molecule has 5 nitrogen and oxygen atoms in total. The van der Waals surface area contributed by atoms with Gasteiger partial charge in [-0.25, -0.2) is 9.78 Å². The normalized spacial score (nSPS) is 13.7. The molecule has 0 aliphatic heterocycles. The van der Waals surface area contributed by atoms with Gasteiger partial charge in [-0.05, 0) is 49.4 Å². The first-order chi connectivity index (χ1) is 15.1. The van der Waals surface area contributed by atoms with Crippen molar-refractivity contribution >= 4 is 28.7 Å². The number of hydrogen-bond acceptors (Lipinski definition) is 4. The van der Waals surface area contributed by atoms with Crippen LogP contribution in [0.1, 0.15) is 18.1 Å². The molecule has 9 heteroatoms. The Hall–Kier alpha value is -3.52. The van der Waals surface area contributed by atoms with E-state index in [1.165, 1.54) is 31.2 Å². The molecule has 3 aromatic carbocycles. The van der Waals surface area contributed by atoms with E-state index in [9.17, 15) is 23.1 Å². The number of para-hydroxylation sites is 2. The van der Waals surface area contributed by atoms with Crippen LogP contribution in [0.25, 0.3) is 22.6 Å². The van der Waals surface area contributed by atoms with Gasteiger partial charge in [-0.2, -0.15) is 13.2 Å². The van der Waals surface area contributed by atoms with Crippen molar-refractivity contribution < 1.29 is 32.2 Å². The number of ether oxygens (including phenoxy) is 1. The molecule has 164 valence electrons. The van der Waals surface area contributed by atoms with Gasteiger partial charge in [-0.15, -0.1) is 0 Å². The van der Waals surface area contributed by atoms with Gasteiger partial charge in [-0.1, -0.05) is 35.9 Å². The van der Waals surface area contributed by atoms with Crippen molar-refractivity contribution in [3.8, 4) is 17.2 Å². The van der Waals surface area contributed by atoms with E-state index in [2.05, 4.69) is 4.98 Å². The van der Waals surface area contributed by atoms with Gasteiger partial charge in [0.05, 0.1) is 11.1 Å². The van der Waals surface area contributed by atoms with Crippen molar-refractivity contribution in [1.82, 2.24) is 4.98 Å². The Kier molecular flexibility index (Phi) is 5.34. The number of carbonyl (C=O) groups is 1. The topological polar surface area (TPSA) is 72.6 Å². The highest BCUT2D eigenvalue weighted by Gasteiger charge is 2.41. The van der Waals surface area contributed by atoms with Crippen LogP contribution in [0.15, 0.2) is 71.1 Å². The van der Waals surface area contributed by atoms with Crippen LogP contribution in [0, 0.1) is 0 Å². The fourth-order valence-corrected chi connectivity index (χ4v) is 3.36. The average Bonchev–Trinajstić information content (AvgIpc) is 3.18. The van der Waals surface area contributed by atoms with Crippen molar-refractivity contribution in [2.24, 2.45) is 0 Å². The Bertz CT molecular complexity index is 1290. The summed E-state index contributed by atoms with van der Waals surface area (Å²) in [4.78, 5) is 16.5. The molecule has 0 radical (unpaired) electrons. The molecule has 0 saturated heterocycles. The minimum absolute atomic E-state index is 0.0308. The van der Waals surface area contributed by atoms with Crippen molar-refractivity contribution in [1.29, 1.82) is 0 Å². The second kappa shape index (κ2) is 7.87. The van der Waals surface area contributed by atoms with Crippen LogP contribution in [-0.4, -0.2) is 16.1 Å². The number of nitrogens with zero attached hydrogens (tertiary/aromatic N) is 1. The molecule has 1 heterocycles. The molecule has 0 saturated carbocycles. The predicted molar refractivity (Wildman–Crippen MR) is 112 cm³/mol. The monoisotopic (exact) mass is 461 g/mol. The van der Waals surface area contributed by atoms with Crippen LogP contribution in [-0.2, 0) is 16.6 Å². The molecule has 1 atom stereocenters. The van der Waals surface area contributed by atoms with Crippen molar-refractivity contribution in [3.63, 3.8) is 0 Å². The molecule has 0 aliphatic carbocycles. The summed E-state index contributed by atoms with van der Waals surface area (Å²) in [7, 11) is 0. The summed E-state index contributed by atoms with van der Waals surface area (Å²) in [5, 5.41) is 10.2. The largest absolute Gasteiger partial charge is 0.478 e. The number of hydrogen-bond donors (Lipinski definition) is 1. The summed E-state index contributed by atoms with van der Waals surface area (Å²) in [5.41, 5.74) is -2.00. The highest BCUT2D eigenvalue weighted by molar-refractivity contribution is 6.30. The molecule has 32 heavy (non-hydrogen) atoms. The summed E-state index contributed by atoms with van der Waals surface area (Å²) in [5.74, 6) is -1.32. The van der Waals surface area contributed by atoms with Crippen LogP contribution < -0.4 is 4.74 Å². The van der Waals surface area contributed by atoms with Crippen molar-refractivity contribution in [3.05, 3.63) is 82.9 Å². The molecule has 0 bridgehead atoms. The molecular weight excluding hydrogens is 447 g/mol. The second-order valence-electron chi connectivity index (χ2n) is 7.15. The molecule has 0 amide bonds. The zero-order valence-corrected chi connectivity index (χ0v) is 17.2. The Balaban J connectivity index is 1.82. The summed E-state index contributed by atoms with van der Waals surface area (Å²) in [6.07, 6.45) is -4.64. The summed E-state index contributed by atoms with van der Waals surface area (Å²) < 4.78 is 51.2. The SMILES string of the molecule is CC(Oc1ccc(Cl)cc1-c1nc2ccccc2o1)(C(=O)O)c1cccc(C(F)(F)F)c1. The number of alkyl halides is 3. The van der Waals surface area contributed by atoms with Gasteiger partial charge in [0.15, 0.2) is 5.58 Å². The maximum absolute atomic E-state index is 13.2. The lowest BCUT2D eigenvalue weighted by Crippen LogP contribution is -2.39. The number of halogens is 4. The van der Waals surface area contributed by atoms with Gasteiger partial charge >= 0.3 is 12.1 Å². The van der Waals surface area contributed by atoms with Crippen LogP contribution >= 0.6 is 11.6 Å². The molecule has 1 N–H and O–H groups in total. The fourth-order valence-electron chi connectivity index (χ4n) is 3.18. The summed E-state index contributed by atoms with van der Waals surface area (Å²) in [6.45, 7) is 1.18.